The van der Waals surface area contributed by atoms with Gasteiger partial charge in [0.1, 0.15) is 0 Å². The number of amides is 1. The Hall–Kier alpha value is -1.89. The molecular formula is C18H24ClN3O3. The molecule has 1 aromatic heterocycles. The lowest BCUT2D eigenvalue weighted by Crippen LogP contribution is -2.32. The zero-order valence-corrected chi connectivity index (χ0v) is 15.4. The summed E-state index contributed by atoms with van der Waals surface area (Å²) in [5.74, 6) is -0.586. The molecule has 25 heavy (non-hydrogen) atoms. The molecule has 2 rings (SSSR count). The summed E-state index contributed by atoms with van der Waals surface area (Å²) in [6.07, 6.45) is 2.06. The Morgan fingerprint density at radius 3 is 2.56 bits per heavy atom. The monoisotopic (exact) mass is 365 g/mol. The smallest absolute Gasteiger partial charge is 0.245 e. The number of rotatable bonds is 8. The molecule has 6 nitrogen and oxygen atoms in total. The first-order valence-electron chi connectivity index (χ1n) is 8.19. The largest absolute Gasteiger partial charge is 0.380 e. The van der Waals surface area contributed by atoms with E-state index in [9.17, 15) is 4.79 Å². The van der Waals surface area contributed by atoms with Crippen LogP contribution < -0.4 is 5.48 Å². The summed E-state index contributed by atoms with van der Waals surface area (Å²) in [4.78, 5) is 11.7. The van der Waals surface area contributed by atoms with Crippen LogP contribution in [-0.4, -0.2) is 34.1 Å². The summed E-state index contributed by atoms with van der Waals surface area (Å²) in [6, 6.07) is 9.74. The molecule has 0 aliphatic rings. The van der Waals surface area contributed by atoms with Crippen molar-refractivity contribution in [2.45, 2.75) is 44.8 Å². The predicted molar refractivity (Wildman–Crippen MR) is 95.9 cm³/mol. The van der Waals surface area contributed by atoms with Crippen LogP contribution in [0.3, 0.4) is 0 Å². The van der Waals surface area contributed by atoms with Crippen LogP contribution in [0.4, 0.5) is 0 Å². The second-order valence-corrected chi connectivity index (χ2v) is 6.68. The van der Waals surface area contributed by atoms with Crippen molar-refractivity contribution in [3.8, 4) is 0 Å². The van der Waals surface area contributed by atoms with Crippen molar-refractivity contribution in [2.24, 2.45) is 0 Å². The Morgan fingerprint density at radius 1 is 1.32 bits per heavy atom. The number of methoxy groups -OCH3 is 1. The van der Waals surface area contributed by atoms with Crippen LogP contribution in [0.1, 0.15) is 43.5 Å². The summed E-state index contributed by atoms with van der Waals surface area (Å²) in [5.41, 5.74) is 3.75. The van der Waals surface area contributed by atoms with Crippen LogP contribution in [0.5, 0.6) is 0 Å². The van der Waals surface area contributed by atoms with Crippen LogP contribution in [0.2, 0.25) is 5.02 Å². The van der Waals surface area contributed by atoms with Gasteiger partial charge in [0, 0.05) is 36.0 Å². The lowest BCUT2D eigenvalue weighted by atomic mass is 9.88. The third-order valence-corrected chi connectivity index (χ3v) is 4.45. The number of carbonyl (C=O) groups excluding carboxylic acids is 1. The third-order valence-electron chi connectivity index (χ3n) is 4.20. The predicted octanol–water partition coefficient (Wildman–Crippen LogP) is 3.35. The van der Waals surface area contributed by atoms with Crippen molar-refractivity contribution in [3.05, 3.63) is 52.8 Å². The van der Waals surface area contributed by atoms with Gasteiger partial charge in [-0.2, -0.15) is 5.10 Å². The van der Waals surface area contributed by atoms with Crippen molar-refractivity contribution < 1.29 is 14.7 Å². The molecule has 1 amide bonds. The molecule has 0 aliphatic heterocycles. The van der Waals surface area contributed by atoms with Crippen molar-refractivity contribution in [2.75, 3.05) is 7.11 Å². The number of ether oxygens (including phenoxy) is 1. The molecule has 7 heteroatoms. The van der Waals surface area contributed by atoms with Gasteiger partial charge in [-0.25, -0.2) is 5.48 Å². The van der Waals surface area contributed by atoms with E-state index in [4.69, 9.17) is 21.5 Å². The minimum absolute atomic E-state index is 0.0501. The zero-order valence-electron chi connectivity index (χ0n) is 14.6. The SMILES string of the molecule is COC(CC(=O)NO)C(Cc1ccc(Cl)cc1)c1ccnn1C(C)C. The number of hydrogen-bond donors (Lipinski definition) is 2. The summed E-state index contributed by atoms with van der Waals surface area (Å²) in [7, 11) is 1.57. The van der Waals surface area contributed by atoms with Crippen LogP contribution in [-0.2, 0) is 16.0 Å². The molecular weight excluding hydrogens is 342 g/mol. The van der Waals surface area contributed by atoms with E-state index in [0.717, 1.165) is 11.3 Å². The molecule has 0 radical (unpaired) electrons. The number of nitrogens with one attached hydrogen (secondary N) is 1. The molecule has 0 aliphatic carbocycles. The topological polar surface area (TPSA) is 76.4 Å². The highest BCUT2D eigenvalue weighted by molar-refractivity contribution is 6.30. The minimum Gasteiger partial charge on any atom is -0.380 e. The number of nitrogens with zero attached hydrogens (tertiary/aromatic N) is 2. The van der Waals surface area contributed by atoms with Crippen molar-refractivity contribution >= 4 is 17.5 Å². The number of carbonyl (C=O) groups is 1. The molecule has 0 bridgehead atoms. The molecule has 2 aromatic rings. The Labute approximate surface area is 152 Å². The average Bonchev–Trinajstić information content (AvgIpc) is 3.09. The van der Waals surface area contributed by atoms with Gasteiger partial charge in [-0.05, 0) is 44.0 Å². The first kappa shape index (κ1) is 19.4. The van der Waals surface area contributed by atoms with Crippen LogP contribution in [0.25, 0.3) is 0 Å². The molecule has 0 saturated heterocycles. The Morgan fingerprint density at radius 2 is 2.00 bits per heavy atom. The van der Waals surface area contributed by atoms with E-state index in [-0.39, 0.29) is 18.4 Å². The van der Waals surface area contributed by atoms with Gasteiger partial charge in [0.2, 0.25) is 5.91 Å². The van der Waals surface area contributed by atoms with Crippen LogP contribution in [0.15, 0.2) is 36.5 Å². The maximum atomic E-state index is 11.7. The maximum absolute atomic E-state index is 11.7. The summed E-state index contributed by atoms with van der Waals surface area (Å²) in [5, 5.41) is 13.9. The van der Waals surface area contributed by atoms with Gasteiger partial charge in [0.25, 0.3) is 0 Å². The van der Waals surface area contributed by atoms with Crippen molar-refractivity contribution in [1.82, 2.24) is 15.3 Å². The summed E-state index contributed by atoms with van der Waals surface area (Å²) >= 11 is 5.97. The number of benzene rings is 1. The number of hydrogen-bond acceptors (Lipinski definition) is 4. The second-order valence-electron chi connectivity index (χ2n) is 6.24. The molecule has 1 heterocycles. The zero-order chi connectivity index (χ0) is 18.4. The van der Waals surface area contributed by atoms with E-state index in [2.05, 4.69) is 18.9 Å². The first-order valence-corrected chi connectivity index (χ1v) is 8.57. The fraction of sp³-hybridized carbons (Fsp3) is 0.444. The first-order chi connectivity index (χ1) is 12.0. The number of hydroxylamine groups is 1. The summed E-state index contributed by atoms with van der Waals surface area (Å²) in [6.45, 7) is 4.11. The van der Waals surface area contributed by atoms with E-state index >= 15 is 0 Å². The van der Waals surface area contributed by atoms with E-state index in [0.29, 0.717) is 11.4 Å². The fourth-order valence-electron chi connectivity index (χ4n) is 2.97. The van der Waals surface area contributed by atoms with Crippen molar-refractivity contribution in [3.63, 3.8) is 0 Å². The molecule has 1 aromatic carbocycles. The molecule has 0 spiro atoms. The average molecular weight is 366 g/mol. The Kier molecular flexibility index (Phi) is 6.99. The lowest BCUT2D eigenvalue weighted by Gasteiger charge is -2.27. The Bertz CT molecular complexity index is 685. The molecule has 2 unspecified atom stereocenters. The maximum Gasteiger partial charge on any atom is 0.245 e. The van der Waals surface area contributed by atoms with Gasteiger partial charge in [-0.3, -0.25) is 14.7 Å². The molecule has 136 valence electrons. The third kappa shape index (κ3) is 5.04. The van der Waals surface area contributed by atoms with Crippen LogP contribution >= 0.6 is 11.6 Å². The van der Waals surface area contributed by atoms with E-state index in [1.165, 1.54) is 0 Å². The highest BCUT2D eigenvalue weighted by Gasteiger charge is 2.29. The Balaban J connectivity index is 2.37. The van der Waals surface area contributed by atoms with Gasteiger partial charge >= 0.3 is 0 Å². The van der Waals surface area contributed by atoms with E-state index in [1.54, 1.807) is 18.8 Å². The number of aromatic nitrogens is 2. The van der Waals surface area contributed by atoms with Gasteiger partial charge in [-0.15, -0.1) is 0 Å². The van der Waals surface area contributed by atoms with Crippen LogP contribution in [0, 0.1) is 0 Å². The standard InChI is InChI=1S/C18H24ClN3O3/c1-12(2)22-16(8-9-20-22)15(17(25-3)11-18(23)21-24)10-13-4-6-14(19)7-5-13/h4-9,12,15,17,24H,10-11H2,1-3H3,(H,21,23). The van der Waals surface area contributed by atoms with Crippen molar-refractivity contribution in [1.29, 1.82) is 0 Å². The summed E-state index contributed by atoms with van der Waals surface area (Å²) < 4.78 is 7.53. The minimum atomic E-state index is -0.483. The quantitative estimate of drug-likeness (QED) is 0.555. The van der Waals surface area contributed by atoms with Gasteiger partial charge in [0.05, 0.1) is 12.5 Å². The van der Waals surface area contributed by atoms with Gasteiger partial charge in [-0.1, -0.05) is 23.7 Å². The van der Waals surface area contributed by atoms with Gasteiger partial charge < -0.3 is 4.74 Å². The molecule has 0 fully saturated rings. The normalized spacial score (nSPS) is 13.7. The lowest BCUT2D eigenvalue weighted by molar-refractivity contribution is -0.132. The van der Waals surface area contributed by atoms with E-state index in [1.807, 2.05) is 35.0 Å². The second kappa shape index (κ2) is 8.99. The molecule has 2 N–H and O–H groups in total. The number of halogens is 1. The highest BCUT2D eigenvalue weighted by atomic mass is 35.5. The van der Waals surface area contributed by atoms with Gasteiger partial charge in [0.15, 0.2) is 0 Å². The molecule has 2 atom stereocenters. The molecule has 0 saturated carbocycles. The van der Waals surface area contributed by atoms with E-state index < -0.39 is 12.0 Å². The highest BCUT2D eigenvalue weighted by Crippen LogP contribution is 2.30. The fourth-order valence-corrected chi connectivity index (χ4v) is 3.09.